The normalized spacial score (nSPS) is 22.1. The molecule has 1 atom stereocenters. The first kappa shape index (κ1) is 15.6. The molecule has 0 saturated carbocycles. The molecule has 1 saturated heterocycles. The van der Waals surface area contributed by atoms with Crippen molar-refractivity contribution in [2.75, 3.05) is 6.54 Å². The molecule has 6 nitrogen and oxygen atoms in total. The van der Waals surface area contributed by atoms with Crippen LogP contribution in [0.15, 0.2) is 15.4 Å². The number of hydrogen-bond donors (Lipinski definition) is 2. The standard InChI is InChI=1S/C11H16ClN3O3S2/c1-7-6-9(19-10(7)12)20(17,18)15-5-3-2-4-8(15)11(13)14-16/h6,8,16H,2-5H2,1H3,(H2,13,14). The number of hydrogen-bond acceptors (Lipinski definition) is 5. The summed E-state index contributed by atoms with van der Waals surface area (Å²) < 4.78 is 27.3. The SMILES string of the molecule is Cc1cc(S(=O)(=O)N2CCCCC2/C(N)=N/O)sc1Cl. The number of nitrogens with two attached hydrogens (primary N) is 1. The van der Waals surface area contributed by atoms with Crippen molar-refractivity contribution < 1.29 is 13.6 Å². The highest BCUT2D eigenvalue weighted by Gasteiger charge is 2.37. The summed E-state index contributed by atoms with van der Waals surface area (Å²) in [6.45, 7) is 2.12. The minimum absolute atomic E-state index is 0.0762. The third-order valence-electron chi connectivity index (χ3n) is 3.31. The monoisotopic (exact) mass is 337 g/mol. The highest BCUT2D eigenvalue weighted by molar-refractivity contribution is 7.91. The first-order valence-corrected chi connectivity index (χ1v) is 8.76. The predicted molar refractivity (Wildman–Crippen MR) is 79.0 cm³/mol. The Morgan fingerprint density at radius 3 is 2.85 bits per heavy atom. The average Bonchev–Trinajstić information content (AvgIpc) is 2.78. The average molecular weight is 338 g/mol. The Hall–Kier alpha value is -0.830. The topological polar surface area (TPSA) is 96.0 Å². The molecule has 1 aromatic heterocycles. The second kappa shape index (κ2) is 5.88. The van der Waals surface area contributed by atoms with Crippen LogP contribution in [-0.2, 0) is 10.0 Å². The summed E-state index contributed by atoms with van der Waals surface area (Å²) in [5, 5.41) is 11.8. The van der Waals surface area contributed by atoms with Gasteiger partial charge in [0.15, 0.2) is 5.84 Å². The van der Waals surface area contributed by atoms with Crippen LogP contribution in [0.4, 0.5) is 0 Å². The second-order valence-electron chi connectivity index (χ2n) is 4.67. The molecule has 20 heavy (non-hydrogen) atoms. The van der Waals surface area contributed by atoms with Gasteiger partial charge in [0.1, 0.15) is 4.21 Å². The van der Waals surface area contributed by atoms with Gasteiger partial charge in [-0.3, -0.25) is 0 Å². The Balaban J connectivity index is 2.40. The molecule has 0 spiro atoms. The van der Waals surface area contributed by atoms with Gasteiger partial charge in [-0.1, -0.05) is 23.2 Å². The fraction of sp³-hybridized carbons (Fsp3) is 0.545. The summed E-state index contributed by atoms with van der Waals surface area (Å²) in [7, 11) is -3.67. The number of aryl methyl sites for hydroxylation is 1. The van der Waals surface area contributed by atoms with E-state index in [4.69, 9.17) is 22.5 Å². The van der Waals surface area contributed by atoms with E-state index in [1.165, 1.54) is 4.31 Å². The van der Waals surface area contributed by atoms with Crippen LogP contribution in [0.3, 0.4) is 0 Å². The van der Waals surface area contributed by atoms with Crippen LogP contribution in [0.5, 0.6) is 0 Å². The summed E-state index contributed by atoms with van der Waals surface area (Å²) in [6.07, 6.45) is 2.15. The smallest absolute Gasteiger partial charge is 0.253 e. The van der Waals surface area contributed by atoms with Crippen LogP contribution in [0.2, 0.25) is 4.34 Å². The van der Waals surface area contributed by atoms with E-state index in [1.807, 2.05) is 0 Å². The Morgan fingerprint density at radius 2 is 2.30 bits per heavy atom. The van der Waals surface area contributed by atoms with E-state index >= 15 is 0 Å². The van der Waals surface area contributed by atoms with Gasteiger partial charge in [-0.05, 0) is 31.4 Å². The minimum atomic E-state index is -3.67. The van der Waals surface area contributed by atoms with E-state index < -0.39 is 16.1 Å². The number of amidine groups is 1. The van der Waals surface area contributed by atoms with E-state index in [9.17, 15) is 8.42 Å². The van der Waals surface area contributed by atoms with Gasteiger partial charge in [-0.25, -0.2) is 8.42 Å². The maximum atomic E-state index is 12.7. The Bertz CT molecular complexity index is 607. The van der Waals surface area contributed by atoms with Gasteiger partial charge in [0.2, 0.25) is 0 Å². The molecule has 0 amide bonds. The van der Waals surface area contributed by atoms with E-state index in [-0.39, 0.29) is 10.0 Å². The zero-order valence-electron chi connectivity index (χ0n) is 10.9. The highest BCUT2D eigenvalue weighted by Crippen LogP contribution is 2.34. The van der Waals surface area contributed by atoms with Crippen molar-refractivity contribution in [2.24, 2.45) is 10.9 Å². The summed E-state index contributed by atoms with van der Waals surface area (Å²) in [6, 6.07) is 0.959. The lowest BCUT2D eigenvalue weighted by atomic mass is 10.0. The van der Waals surface area contributed by atoms with Gasteiger partial charge in [0.25, 0.3) is 10.0 Å². The molecule has 0 aromatic carbocycles. The molecule has 1 aromatic rings. The van der Waals surface area contributed by atoms with Crippen molar-refractivity contribution in [3.05, 3.63) is 16.0 Å². The maximum absolute atomic E-state index is 12.7. The second-order valence-corrected chi connectivity index (χ2v) is 8.45. The molecule has 1 aliphatic heterocycles. The van der Waals surface area contributed by atoms with Gasteiger partial charge >= 0.3 is 0 Å². The Labute approximate surface area is 126 Å². The molecule has 2 rings (SSSR count). The van der Waals surface area contributed by atoms with E-state index in [1.54, 1.807) is 13.0 Å². The van der Waals surface area contributed by atoms with Crippen LogP contribution in [0, 0.1) is 6.92 Å². The largest absolute Gasteiger partial charge is 0.409 e. The summed E-state index contributed by atoms with van der Waals surface area (Å²) in [5.74, 6) is -0.0762. The van der Waals surface area contributed by atoms with Crippen LogP contribution < -0.4 is 5.73 Å². The minimum Gasteiger partial charge on any atom is -0.409 e. The number of oxime groups is 1. The van der Waals surface area contributed by atoms with E-state index in [2.05, 4.69) is 5.16 Å². The first-order chi connectivity index (χ1) is 9.37. The third-order valence-corrected chi connectivity index (χ3v) is 7.22. The lowest BCUT2D eigenvalue weighted by Crippen LogP contribution is -2.50. The predicted octanol–water partition coefficient (Wildman–Crippen LogP) is 2.00. The maximum Gasteiger partial charge on any atom is 0.253 e. The molecule has 0 bridgehead atoms. The molecule has 0 aliphatic carbocycles. The zero-order chi connectivity index (χ0) is 14.9. The number of thiophene rings is 1. The molecule has 112 valence electrons. The van der Waals surface area contributed by atoms with Gasteiger partial charge in [-0.15, -0.1) is 11.3 Å². The third kappa shape index (κ3) is 2.78. The van der Waals surface area contributed by atoms with Crippen LogP contribution >= 0.6 is 22.9 Å². The molecular weight excluding hydrogens is 322 g/mol. The molecule has 1 unspecified atom stereocenters. The lowest BCUT2D eigenvalue weighted by Gasteiger charge is -2.33. The summed E-state index contributed by atoms with van der Waals surface area (Å²) in [4.78, 5) is 0. The fourth-order valence-electron chi connectivity index (χ4n) is 2.23. The molecular formula is C11H16ClN3O3S2. The summed E-state index contributed by atoms with van der Waals surface area (Å²) >= 11 is 6.98. The lowest BCUT2D eigenvalue weighted by molar-refractivity contribution is 0.281. The van der Waals surface area contributed by atoms with Crippen LogP contribution in [0.1, 0.15) is 24.8 Å². The van der Waals surface area contributed by atoms with Gasteiger partial charge in [0.05, 0.1) is 10.4 Å². The van der Waals surface area contributed by atoms with Crippen molar-refractivity contribution in [2.45, 2.75) is 36.4 Å². The van der Waals surface area contributed by atoms with Crippen LogP contribution in [-0.4, -0.2) is 36.4 Å². The van der Waals surface area contributed by atoms with Gasteiger partial charge in [0, 0.05) is 6.54 Å². The Kier molecular flexibility index (Phi) is 4.58. The number of nitrogens with zero attached hydrogens (tertiary/aromatic N) is 2. The molecule has 9 heteroatoms. The number of sulfonamides is 1. The first-order valence-electron chi connectivity index (χ1n) is 6.13. The summed E-state index contributed by atoms with van der Waals surface area (Å²) in [5.41, 5.74) is 6.35. The Morgan fingerprint density at radius 1 is 1.60 bits per heavy atom. The molecule has 1 aliphatic rings. The van der Waals surface area contributed by atoms with Crippen molar-refractivity contribution >= 4 is 38.8 Å². The van der Waals surface area contributed by atoms with E-state index in [0.717, 1.165) is 29.7 Å². The number of rotatable bonds is 3. The molecule has 2 heterocycles. The van der Waals surface area contributed by atoms with Crippen molar-refractivity contribution in [1.82, 2.24) is 4.31 Å². The number of halogens is 1. The van der Waals surface area contributed by atoms with Gasteiger partial charge in [-0.2, -0.15) is 4.31 Å². The van der Waals surface area contributed by atoms with Crippen molar-refractivity contribution in [3.63, 3.8) is 0 Å². The fourth-order valence-corrected chi connectivity index (χ4v) is 5.74. The number of piperidine rings is 1. The molecule has 3 N–H and O–H groups in total. The van der Waals surface area contributed by atoms with Crippen molar-refractivity contribution in [3.8, 4) is 0 Å². The zero-order valence-corrected chi connectivity index (χ0v) is 13.3. The highest BCUT2D eigenvalue weighted by atomic mass is 35.5. The van der Waals surface area contributed by atoms with Crippen LogP contribution in [0.25, 0.3) is 0 Å². The van der Waals surface area contributed by atoms with E-state index in [0.29, 0.717) is 17.3 Å². The van der Waals surface area contributed by atoms with Crippen molar-refractivity contribution in [1.29, 1.82) is 0 Å². The van der Waals surface area contributed by atoms with Gasteiger partial charge < -0.3 is 10.9 Å². The molecule has 1 fully saturated rings. The molecule has 0 radical (unpaired) electrons. The quantitative estimate of drug-likeness (QED) is 0.381.